The Morgan fingerprint density at radius 3 is 2.00 bits per heavy atom. The second-order valence-corrected chi connectivity index (χ2v) is 8.73. The van der Waals surface area contributed by atoms with Crippen molar-refractivity contribution in [1.29, 1.82) is 0 Å². The van der Waals surface area contributed by atoms with Crippen molar-refractivity contribution in [2.45, 2.75) is 51.1 Å². The zero-order valence-electron chi connectivity index (χ0n) is 10.0. The molecule has 2 nitrogen and oxygen atoms in total. The van der Waals surface area contributed by atoms with Gasteiger partial charge in [-0.05, 0) is 17.5 Å². The van der Waals surface area contributed by atoms with Crippen LogP contribution in [0.15, 0.2) is 0 Å². The van der Waals surface area contributed by atoms with Gasteiger partial charge in [0.05, 0.1) is 0 Å². The van der Waals surface area contributed by atoms with E-state index in [1.807, 2.05) is 14.2 Å². The van der Waals surface area contributed by atoms with Crippen LogP contribution in [0.2, 0.25) is 11.6 Å². The monoisotopic (exact) mass is 216 g/mol. The highest BCUT2D eigenvalue weighted by Crippen LogP contribution is 2.37. The maximum atomic E-state index is 5.73. The van der Waals surface area contributed by atoms with Crippen LogP contribution in [0.4, 0.5) is 0 Å². The second kappa shape index (κ2) is 5.28. The van der Waals surface area contributed by atoms with Gasteiger partial charge in [0.25, 0.3) is 0 Å². The Labute approximate surface area is 89.2 Å². The van der Waals surface area contributed by atoms with Crippen molar-refractivity contribution in [3.05, 3.63) is 0 Å². The second-order valence-electron chi connectivity index (χ2n) is 4.73. The lowest BCUT2D eigenvalue weighted by molar-refractivity contribution is 0.224. The normalized spacial score (nSPS) is 19.5. The average molecular weight is 216 g/mol. The first-order valence-electron chi connectivity index (χ1n) is 5.75. The van der Waals surface area contributed by atoms with Gasteiger partial charge >= 0.3 is 8.56 Å². The fourth-order valence-corrected chi connectivity index (χ4v) is 5.70. The van der Waals surface area contributed by atoms with Gasteiger partial charge in [0.2, 0.25) is 0 Å². The predicted octanol–water partition coefficient (Wildman–Crippen LogP) is 3.32. The third-order valence-electron chi connectivity index (χ3n) is 3.62. The van der Waals surface area contributed by atoms with E-state index < -0.39 is 8.56 Å². The Morgan fingerprint density at radius 1 is 1.14 bits per heavy atom. The fraction of sp³-hybridized carbons (Fsp3) is 1.00. The summed E-state index contributed by atoms with van der Waals surface area (Å²) < 4.78 is 11.5. The summed E-state index contributed by atoms with van der Waals surface area (Å²) in [6.45, 7) is 4.46. The van der Waals surface area contributed by atoms with Crippen LogP contribution >= 0.6 is 0 Å². The molecule has 0 unspecified atom stereocenters. The van der Waals surface area contributed by atoms with Gasteiger partial charge in [0.1, 0.15) is 0 Å². The van der Waals surface area contributed by atoms with Gasteiger partial charge in [-0.15, -0.1) is 0 Å². The lowest BCUT2D eigenvalue weighted by atomic mass is 10.1. The van der Waals surface area contributed by atoms with Crippen molar-refractivity contribution in [3.8, 4) is 0 Å². The van der Waals surface area contributed by atoms with Crippen molar-refractivity contribution in [3.63, 3.8) is 0 Å². The summed E-state index contributed by atoms with van der Waals surface area (Å²) in [5.41, 5.74) is 0.554. The van der Waals surface area contributed by atoms with Crippen molar-refractivity contribution < 1.29 is 8.85 Å². The molecule has 0 spiro atoms. The molecule has 1 aliphatic carbocycles. The topological polar surface area (TPSA) is 18.5 Å². The Kier molecular flexibility index (Phi) is 4.61. The Morgan fingerprint density at radius 2 is 1.64 bits per heavy atom. The SMILES string of the molecule is CO[Si](CC1CCCC1)(OC)C(C)C. The highest BCUT2D eigenvalue weighted by Gasteiger charge is 2.41. The van der Waals surface area contributed by atoms with E-state index in [0.29, 0.717) is 5.54 Å². The van der Waals surface area contributed by atoms with E-state index >= 15 is 0 Å². The summed E-state index contributed by atoms with van der Waals surface area (Å²) in [5, 5.41) is 0. The fourth-order valence-electron chi connectivity index (χ4n) is 2.57. The van der Waals surface area contributed by atoms with E-state index in [4.69, 9.17) is 8.85 Å². The first kappa shape index (κ1) is 12.2. The molecule has 1 fully saturated rings. The minimum Gasteiger partial charge on any atom is -0.397 e. The molecule has 0 saturated heterocycles. The lowest BCUT2D eigenvalue weighted by Crippen LogP contribution is -2.44. The van der Waals surface area contributed by atoms with E-state index in [2.05, 4.69) is 13.8 Å². The predicted molar refractivity (Wildman–Crippen MR) is 61.6 cm³/mol. The van der Waals surface area contributed by atoms with Crippen LogP contribution in [0.5, 0.6) is 0 Å². The molecule has 0 aromatic carbocycles. The Hall–Kier alpha value is 0.137. The molecule has 0 N–H and O–H groups in total. The van der Waals surface area contributed by atoms with Gasteiger partial charge in [-0.2, -0.15) is 0 Å². The molecule has 0 amide bonds. The number of hydrogen-bond acceptors (Lipinski definition) is 2. The molecule has 0 aliphatic heterocycles. The molecule has 0 radical (unpaired) electrons. The average Bonchev–Trinajstić information content (AvgIpc) is 2.66. The summed E-state index contributed by atoms with van der Waals surface area (Å²) >= 11 is 0. The third-order valence-corrected chi connectivity index (χ3v) is 7.91. The molecule has 84 valence electrons. The number of rotatable bonds is 5. The molecule has 0 aromatic heterocycles. The zero-order chi connectivity index (χ0) is 10.6. The Balaban J connectivity index is 2.57. The van der Waals surface area contributed by atoms with Crippen LogP contribution in [0.25, 0.3) is 0 Å². The summed E-state index contributed by atoms with van der Waals surface area (Å²) in [5.74, 6) is 0.865. The standard InChI is InChI=1S/C11H24O2Si/c1-10(2)14(12-3,13-4)9-11-7-5-6-8-11/h10-11H,5-9H2,1-4H3. The minimum absolute atomic E-state index is 0.554. The smallest absolute Gasteiger partial charge is 0.340 e. The quantitative estimate of drug-likeness (QED) is 0.656. The van der Waals surface area contributed by atoms with Crippen LogP contribution in [0.1, 0.15) is 39.5 Å². The largest absolute Gasteiger partial charge is 0.397 e. The minimum atomic E-state index is -1.89. The molecule has 1 aliphatic rings. The van der Waals surface area contributed by atoms with Crippen molar-refractivity contribution in [2.24, 2.45) is 5.92 Å². The lowest BCUT2D eigenvalue weighted by Gasteiger charge is -2.33. The van der Waals surface area contributed by atoms with Gasteiger partial charge in [0.15, 0.2) is 0 Å². The molecule has 3 heteroatoms. The highest BCUT2D eigenvalue weighted by molar-refractivity contribution is 6.68. The Bertz CT molecular complexity index is 161. The van der Waals surface area contributed by atoms with Crippen LogP contribution in [-0.4, -0.2) is 22.8 Å². The van der Waals surface area contributed by atoms with E-state index in [-0.39, 0.29) is 0 Å². The van der Waals surface area contributed by atoms with E-state index in [9.17, 15) is 0 Å². The summed E-state index contributed by atoms with van der Waals surface area (Å²) in [6.07, 6.45) is 5.57. The molecule has 14 heavy (non-hydrogen) atoms. The van der Waals surface area contributed by atoms with Crippen molar-refractivity contribution >= 4 is 8.56 Å². The van der Waals surface area contributed by atoms with Gasteiger partial charge in [-0.3, -0.25) is 0 Å². The summed E-state index contributed by atoms with van der Waals surface area (Å²) in [6, 6.07) is 1.19. The highest BCUT2D eigenvalue weighted by atomic mass is 28.4. The van der Waals surface area contributed by atoms with Crippen LogP contribution in [0, 0.1) is 5.92 Å². The van der Waals surface area contributed by atoms with Gasteiger partial charge in [0, 0.05) is 14.2 Å². The third kappa shape index (κ3) is 2.58. The van der Waals surface area contributed by atoms with Gasteiger partial charge in [-0.1, -0.05) is 39.5 Å². The van der Waals surface area contributed by atoms with Crippen LogP contribution in [-0.2, 0) is 8.85 Å². The molecule has 1 rings (SSSR count). The summed E-state index contributed by atoms with van der Waals surface area (Å²) in [4.78, 5) is 0. The van der Waals surface area contributed by atoms with Crippen LogP contribution in [0.3, 0.4) is 0 Å². The van der Waals surface area contributed by atoms with Crippen molar-refractivity contribution in [1.82, 2.24) is 0 Å². The van der Waals surface area contributed by atoms with Gasteiger partial charge < -0.3 is 8.85 Å². The molecular weight excluding hydrogens is 192 g/mol. The maximum absolute atomic E-state index is 5.73. The van der Waals surface area contributed by atoms with Gasteiger partial charge in [-0.25, -0.2) is 0 Å². The summed E-state index contributed by atoms with van der Waals surface area (Å²) in [7, 11) is 1.76. The van der Waals surface area contributed by atoms with Crippen molar-refractivity contribution in [2.75, 3.05) is 14.2 Å². The first-order chi connectivity index (χ1) is 6.64. The molecular formula is C11H24O2Si. The first-order valence-corrected chi connectivity index (χ1v) is 7.85. The molecule has 0 heterocycles. The van der Waals surface area contributed by atoms with E-state index in [1.165, 1.54) is 31.7 Å². The molecule has 1 saturated carbocycles. The molecule has 0 bridgehead atoms. The zero-order valence-corrected chi connectivity index (χ0v) is 11.0. The number of hydrogen-bond donors (Lipinski definition) is 0. The molecule has 0 atom stereocenters. The van der Waals surface area contributed by atoms with E-state index in [0.717, 1.165) is 5.92 Å². The maximum Gasteiger partial charge on any atom is 0.340 e. The van der Waals surface area contributed by atoms with E-state index in [1.54, 1.807) is 0 Å². The molecule has 0 aromatic rings. The van der Waals surface area contributed by atoms with Crippen LogP contribution < -0.4 is 0 Å².